The summed E-state index contributed by atoms with van der Waals surface area (Å²) in [4.78, 5) is 22.4. The van der Waals surface area contributed by atoms with Crippen LogP contribution in [0, 0.1) is 18.3 Å². The number of ether oxygens (including phenoxy) is 1. The zero-order chi connectivity index (χ0) is 21.8. The summed E-state index contributed by atoms with van der Waals surface area (Å²) in [5.74, 6) is 1.99. The smallest absolute Gasteiger partial charge is 0.263 e. The van der Waals surface area contributed by atoms with Gasteiger partial charge in [-0.3, -0.25) is 9.36 Å². The molecule has 0 fully saturated rings. The van der Waals surface area contributed by atoms with Crippen LogP contribution in [0.2, 0.25) is 0 Å². The van der Waals surface area contributed by atoms with Gasteiger partial charge in [-0.05, 0) is 30.2 Å². The van der Waals surface area contributed by atoms with Crippen LogP contribution in [0.25, 0.3) is 10.9 Å². The van der Waals surface area contributed by atoms with Crippen molar-refractivity contribution in [2.75, 3.05) is 7.11 Å². The van der Waals surface area contributed by atoms with Crippen molar-refractivity contribution in [3.05, 3.63) is 93.7 Å². The molecular weight excluding hydrogens is 408 g/mol. The summed E-state index contributed by atoms with van der Waals surface area (Å²) in [5.41, 5.74) is 2.54. The molecular formula is C24H20N4O2S. The Morgan fingerprint density at radius 1 is 1.10 bits per heavy atom. The summed E-state index contributed by atoms with van der Waals surface area (Å²) in [6.07, 6.45) is 1.58. The van der Waals surface area contributed by atoms with Gasteiger partial charge in [0.15, 0.2) is 0 Å². The van der Waals surface area contributed by atoms with Crippen molar-refractivity contribution >= 4 is 22.7 Å². The van der Waals surface area contributed by atoms with Crippen LogP contribution in [-0.2, 0) is 12.3 Å². The number of hydrogen-bond acceptors (Lipinski definition) is 6. The van der Waals surface area contributed by atoms with Crippen molar-refractivity contribution in [2.45, 2.75) is 24.2 Å². The molecule has 0 saturated carbocycles. The van der Waals surface area contributed by atoms with Gasteiger partial charge in [0.25, 0.3) is 5.56 Å². The number of benzene rings is 2. The first-order valence-electron chi connectivity index (χ1n) is 9.70. The van der Waals surface area contributed by atoms with Crippen molar-refractivity contribution in [3.63, 3.8) is 0 Å². The Kier molecular flexibility index (Phi) is 6.01. The number of aromatic nitrogens is 3. The lowest BCUT2D eigenvalue weighted by Gasteiger charge is -2.13. The molecule has 0 atom stereocenters. The number of fused-ring (bicyclic) bond motifs is 1. The Bertz CT molecular complexity index is 1330. The average molecular weight is 429 g/mol. The summed E-state index contributed by atoms with van der Waals surface area (Å²) in [5, 5.41) is 10.7. The van der Waals surface area contributed by atoms with Gasteiger partial charge in [-0.1, -0.05) is 42.5 Å². The summed E-state index contributed by atoms with van der Waals surface area (Å²) in [6, 6.07) is 19.7. The summed E-state index contributed by atoms with van der Waals surface area (Å²) < 4.78 is 6.79. The van der Waals surface area contributed by atoms with Crippen LogP contribution >= 0.6 is 11.8 Å². The Morgan fingerprint density at radius 3 is 2.52 bits per heavy atom. The fourth-order valence-corrected chi connectivity index (χ4v) is 4.26. The molecule has 2 aromatic carbocycles. The number of pyridine rings is 1. The number of thioether (sulfide) groups is 1. The monoisotopic (exact) mass is 428 g/mol. The van der Waals surface area contributed by atoms with E-state index in [0.29, 0.717) is 34.1 Å². The maximum atomic E-state index is 13.4. The van der Waals surface area contributed by atoms with E-state index in [1.54, 1.807) is 24.8 Å². The van der Waals surface area contributed by atoms with Gasteiger partial charge in [-0.15, -0.1) is 11.8 Å². The van der Waals surface area contributed by atoms with Gasteiger partial charge in [-0.25, -0.2) is 9.97 Å². The Labute approximate surface area is 184 Å². The van der Waals surface area contributed by atoms with E-state index in [0.717, 1.165) is 16.9 Å². The van der Waals surface area contributed by atoms with Gasteiger partial charge in [0.2, 0.25) is 0 Å². The molecule has 0 bridgehead atoms. The average Bonchev–Trinajstić information content (AvgIpc) is 2.81. The first-order chi connectivity index (χ1) is 15.1. The number of methoxy groups -OCH3 is 1. The van der Waals surface area contributed by atoms with Crippen molar-refractivity contribution in [3.8, 4) is 11.8 Å². The first kappa shape index (κ1) is 20.6. The molecule has 4 rings (SSSR count). The number of rotatable bonds is 6. The summed E-state index contributed by atoms with van der Waals surface area (Å²) in [7, 11) is 1.61. The van der Waals surface area contributed by atoms with Crippen LogP contribution in [0.4, 0.5) is 0 Å². The van der Waals surface area contributed by atoms with Gasteiger partial charge < -0.3 is 4.74 Å². The van der Waals surface area contributed by atoms with Crippen molar-refractivity contribution in [1.82, 2.24) is 14.5 Å². The second-order valence-electron chi connectivity index (χ2n) is 6.98. The van der Waals surface area contributed by atoms with E-state index >= 15 is 0 Å². The Balaban J connectivity index is 1.74. The molecule has 0 aliphatic carbocycles. The molecule has 0 aliphatic heterocycles. The Hall–Kier alpha value is -3.63. The maximum Gasteiger partial charge on any atom is 0.263 e. The van der Waals surface area contributed by atoms with E-state index in [1.165, 1.54) is 11.8 Å². The minimum Gasteiger partial charge on any atom is -0.497 e. The third-order valence-corrected chi connectivity index (χ3v) is 6.05. The lowest BCUT2D eigenvalue weighted by atomic mass is 10.1. The molecule has 2 aromatic heterocycles. The zero-order valence-corrected chi connectivity index (χ0v) is 18.0. The van der Waals surface area contributed by atoms with Gasteiger partial charge in [-0.2, -0.15) is 5.26 Å². The zero-order valence-electron chi connectivity index (χ0n) is 17.2. The van der Waals surface area contributed by atoms with Crippen LogP contribution in [0.1, 0.15) is 22.5 Å². The van der Waals surface area contributed by atoms with E-state index in [2.05, 4.69) is 16.0 Å². The highest BCUT2D eigenvalue weighted by Crippen LogP contribution is 2.27. The van der Waals surface area contributed by atoms with E-state index in [1.807, 2.05) is 54.6 Å². The molecule has 0 amide bonds. The number of nitriles is 1. The molecule has 154 valence electrons. The normalized spacial score (nSPS) is 10.7. The van der Waals surface area contributed by atoms with Crippen LogP contribution in [-0.4, -0.2) is 21.6 Å². The fraction of sp³-hybridized carbons (Fsp3) is 0.167. The van der Waals surface area contributed by atoms with Crippen molar-refractivity contribution in [1.29, 1.82) is 5.26 Å². The van der Waals surface area contributed by atoms with E-state index < -0.39 is 0 Å². The summed E-state index contributed by atoms with van der Waals surface area (Å²) >= 11 is 1.44. The fourth-order valence-electron chi connectivity index (χ4n) is 3.34. The third-order valence-electron chi connectivity index (χ3n) is 4.99. The topological polar surface area (TPSA) is 80.8 Å². The van der Waals surface area contributed by atoms with Gasteiger partial charge >= 0.3 is 0 Å². The van der Waals surface area contributed by atoms with Crippen LogP contribution in [0.5, 0.6) is 5.75 Å². The van der Waals surface area contributed by atoms with Gasteiger partial charge in [0, 0.05) is 5.75 Å². The number of hydrogen-bond donors (Lipinski definition) is 0. The minimum absolute atomic E-state index is 0.237. The molecule has 0 spiro atoms. The lowest BCUT2D eigenvalue weighted by Crippen LogP contribution is -2.25. The molecule has 0 saturated heterocycles. The van der Waals surface area contributed by atoms with Crippen LogP contribution in [0.3, 0.4) is 0 Å². The molecule has 0 aliphatic rings. The molecule has 0 radical (unpaired) electrons. The molecule has 0 N–H and O–H groups in total. The minimum atomic E-state index is -0.237. The van der Waals surface area contributed by atoms with E-state index in [9.17, 15) is 10.1 Å². The predicted molar refractivity (Wildman–Crippen MR) is 121 cm³/mol. The SMILES string of the molecule is COc1ccc(Cn2c(C)nc3cnc(SCc4ccccc4)c(C#N)c3c2=O)cc1. The quantitative estimate of drug-likeness (QED) is 0.426. The second kappa shape index (κ2) is 9.02. The molecule has 31 heavy (non-hydrogen) atoms. The highest BCUT2D eigenvalue weighted by molar-refractivity contribution is 7.98. The van der Waals surface area contributed by atoms with E-state index in [-0.39, 0.29) is 11.1 Å². The molecule has 4 aromatic rings. The number of aryl methyl sites for hydroxylation is 1. The number of nitrogens with zero attached hydrogens (tertiary/aromatic N) is 4. The van der Waals surface area contributed by atoms with Crippen molar-refractivity contribution in [2.24, 2.45) is 0 Å². The molecule has 6 nitrogen and oxygen atoms in total. The predicted octanol–water partition coefficient (Wildman–Crippen LogP) is 4.32. The lowest BCUT2D eigenvalue weighted by molar-refractivity contribution is 0.414. The van der Waals surface area contributed by atoms with Crippen LogP contribution in [0.15, 0.2) is 70.6 Å². The van der Waals surface area contributed by atoms with Gasteiger partial charge in [0.1, 0.15) is 22.7 Å². The maximum absolute atomic E-state index is 13.4. The molecule has 7 heteroatoms. The largest absolute Gasteiger partial charge is 0.497 e. The third kappa shape index (κ3) is 4.30. The first-order valence-corrected chi connectivity index (χ1v) is 10.7. The highest BCUT2D eigenvalue weighted by atomic mass is 32.2. The van der Waals surface area contributed by atoms with E-state index in [4.69, 9.17) is 4.74 Å². The van der Waals surface area contributed by atoms with Gasteiger partial charge in [0.05, 0.1) is 36.3 Å². The standard InChI is InChI=1S/C24H20N4O2S/c1-16-27-21-13-26-23(31-15-18-6-4-3-5-7-18)20(12-25)22(21)24(29)28(16)14-17-8-10-19(30-2)11-9-17/h3-11,13H,14-15H2,1-2H3. The van der Waals surface area contributed by atoms with Crippen LogP contribution < -0.4 is 10.3 Å². The molecule has 0 unspecified atom stereocenters. The Morgan fingerprint density at radius 2 is 1.84 bits per heavy atom. The van der Waals surface area contributed by atoms with Crippen molar-refractivity contribution < 1.29 is 4.74 Å². The second-order valence-corrected chi connectivity index (χ2v) is 7.95. The summed E-state index contributed by atoms with van der Waals surface area (Å²) in [6.45, 7) is 2.14. The molecule has 2 heterocycles. The highest BCUT2D eigenvalue weighted by Gasteiger charge is 2.17.